The van der Waals surface area contributed by atoms with Crippen LogP contribution < -0.4 is 4.74 Å². The van der Waals surface area contributed by atoms with Gasteiger partial charge in [-0.25, -0.2) is 8.42 Å². The van der Waals surface area contributed by atoms with Gasteiger partial charge in [-0.05, 0) is 43.9 Å². The van der Waals surface area contributed by atoms with Gasteiger partial charge in [0.05, 0.1) is 16.0 Å². The summed E-state index contributed by atoms with van der Waals surface area (Å²) in [4.78, 5) is -0.0112. The fourth-order valence-corrected chi connectivity index (χ4v) is 2.98. The molecule has 0 N–H and O–H groups in total. The summed E-state index contributed by atoms with van der Waals surface area (Å²) in [5, 5.41) is 0.277. The third-order valence-corrected chi connectivity index (χ3v) is 4.43. The van der Waals surface area contributed by atoms with Gasteiger partial charge in [0.2, 0.25) is 0 Å². The van der Waals surface area contributed by atoms with E-state index in [2.05, 4.69) is 0 Å². The molecule has 0 saturated heterocycles. The van der Waals surface area contributed by atoms with Gasteiger partial charge in [0.1, 0.15) is 5.75 Å². The van der Waals surface area contributed by atoms with Gasteiger partial charge in [-0.2, -0.15) is 0 Å². The molecule has 6 heteroatoms. The van der Waals surface area contributed by atoms with E-state index in [0.29, 0.717) is 5.75 Å². The Morgan fingerprint density at radius 2 is 1.88 bits per heavy atom. The topological polar surface area (TPSA) is 43.4 Å². The smallest absolute Gasteiger partial charge is 0.261 e. The molecule has 1 fully saturated rings. The van der Waals surface area contributed by atoms with Crippen molar-refractivity contribution < 1.29 is 13.2 Å². The Morgan fingerprint density at radius 3 is 2.41 bits per heavy atom. The van der Waals surface area contributed by atoms with Gasteiger partial charge >= 0.3 is 0 Å². The van der Waals surface area contributed by atoms with E-state index in [0.717, 1.165) is 25.7 Å². The zero-order chi connectivity index (χ0) is 12.5. The van der Waals surface area contributed by atoms with E-state index in [9.17, 15) is 8.42 Å². The molecule has 2 rings (SSSR count). The molecule has 0 atom stereocenters. The molecule has 0 aliphatic heterocycles. The zero-order valence-corrected chi connectivity index (χ0v) is 11.4. The van der Waals surface area contributed by atoms with E-state index in [4.69, 9.17) is 27.0 Å². The van der Waals surface area contributed by atoms with Crippen LogP contribution in [-0.2, 0) is 9.05 Å². The van der Waals surface area contributed by atoms with Gasteiger partial charge in [0, 0.05) is 10.7 Å². The second-order valence-corrected chi connectivity index (χ2v) is 7.03. The molecule has 0 aromatic heterocycles. The maximum atomic E-state index is 11.1. The van der Waals surface area contributed by atoms with E-state index in [1.54, 1.807) is 6.07 Å². The maximum absolute atomic E-state index is 11.1. The molecule has 1 aliphatic carbocycles. The fraction of sp³-hybridized carbons (Fsp3) is 0.455. The van der Waals surface area contributed by atoms with Crippen molar-refractivity contribution in [2.75, 3.05) is 0 Å². The number of hydrogen-bond acceptors (Lipinski definition) is 3. The molecule has 0 bridgehead atoms. The Hall–Kier alpha value is -0.450. The molecule has 0 spiro atoms. The lowest BCUT2D eigenvalue weighted by Crippen LogP contribution is -2.11. The molecule has 3 nitrogen and oxygen atoms in total. The van der Waals surface area contributed by atoms with Crippen LogP contribution in [0.4, 0.5) is 0 Å². The van der Waals surface area contributed by atoms with Gasteiger partial charge in [0.15, 0.2) is 0 Å². The highest BCUT2D eigenvalue weighted by Crippen LogP contribution is 2.32. The summed E-state index contributed by atoms with van der Waals surface area (Å²) < 4.78 is 27.9. The summed E-state index contributed by atoms with van der Waals surface area (Å²) in [6, 6.07) is 4.27. The molecule has 17 heavy (non-hydrogen) atoms. The summed E-state index contributed by atoms with van der Waals surface area (Å²) in [6.07, 6.45) is 4.55. The molecule has 1 aromatic rings. The number of benzene rings is 1. The predicted octanol–water partition coefficient (Wildman–Crippen LogP) is 3.59. The predicted molar refractivity (Wildman–Crippen MR) is 67.4 cm³/mol. The second kappa shape index (κ2) is 5.04. The summed E-state index contributed by atoms with van der Waals surface area (Å²) in [5.74, 6) is 0.516. The van der Waals surface area contributed by atoms with Crippen molar-refractivity contribution in [3.8, 4) is 5.75 Å². The number of rotatable bonds is 3. The van der Waals surface area contributed by atoms with Crippen molar-refractivity contribution in [2.24, 2.45) is 0 Å². The quantitative estimate of drug-likeness (QED) is 0.800. The lowest BCUT2D eigenvalue weighted by molar-refractivity contribution is 0.210. The average Bonchev–Trinajstić information content (AvgIpc) is 2.72. The van der Waals surface area contributed by atoms with Crippen LogP contribution in [0.25, 0.3) is 0 Å². The van der Waals surface area contributed by atoms with E-state index in [1.165, 1.54) is 12.1 Å². The van der Waals surface area contributed by atoms with Crippen molar-refractivity contribution >= 4 is 31.3 Å². The molecule has 1 aromatic carbocycles. The largest absolute Gasteiger partial charge is 0.489 e. The molecular weight excluding hydrogens is 283 g/mol. The summed E-state index contributed by atoms with van der Waals surface area (Å²) in [7, 11) is 1.49. The van der Waals surface area contributed by atoms with Gasteiger partial charge in [-0.1, -0.05) is 11.6 Å². The average molecular weight is 295 g/mol. The Bertz CT molecular complexity index is 507. The van der Waals surface area contributed by atoms with Gasteiger partial charge in [-0.3, -0.25) is 0 Å². The molecule has 0 unspecified atom stereocenters. The first-order valence-corrected chi connectivity index (χ1v) is 8.06. The number of hydrogen-bond donors (Lipinski definition) is 0. The van der Waals surface area contributed by atoms with Crippen molar-refractivity contribution in [2.45, 2.75) is 36.7 Å². The summed E-state index contributed by atoms with van der Waals surface area (Å²) in [5.41, 5.74) is 0. The second-order valence-electron chi connectivity index (χ2n) is 4.05. The SMILES string of the molecule is O=S(=O)(Cl)c1ccc(OC2CCCC2)c(Cl)c1. The van der Waals surface area contributed by atoms with E-state index >= 15 is 0 Å². The van der Waals surface area contributed by atoms with Crippen LogP contribution in [0.1, 0.15) is 25.7 Å². The highest BCUT2D eigenvalue weighted by Gasteiger charge is 2.19. The van der Waals surface area contributed by atoms with Crippen LogP contribution in [0, 0.1) is 0 Å². The van der Waals surface area contributed by atoms with Gasteiger partial charge < -0.3 is 4.74 Å². The third-order valence-electron chi connectivity index (χ3n) is 2.78. The molecule has 0 amide bonds. The Balaban J connectivity index is 2.19. The first kappa shape index (κ1) is 13.0. The Kier molecular flexibility index (Phi) is 3.85. The van der Waals surface area contributed by atoms with Crippen molar-refractivity contribution in [1.82, 2.24) is 0 Å². The van der Waals surface area contributed by atoms with Crippen LogP contribution in [0.2, 0.25) is 5.02 Å². The molecular formula is C11H12Cl2O3S. The lowest BCUT2D eigenvalue weighted by Gasteiger charge is -2.14. The minimum absolute atomic E-state index is 0.0112. The van der Waals surface area contributed by atoms with E-state index < -0.39 is 9.05 Å². The normalized spacial score (nSPS) is 17.3. The minimum atomic E-state index is -3.74. The zero-order valence-electron chi connectivity index (χ0n) is 9.03. The molecule has 1 aliphatic rings. The van der Waals surface area contributed by atoms with Gasteiger partial charge in [-0.15, -0.1) is 0 Å². The minimum Gasteiger partial charge on any atom is -0.489 e. The van der Waals surface area contributed by atoms with Crippen LogP contribution in [0.3, 0.4) is 0 Å². The van der Waals surface area contributed by atoms with E-state index in [1.807, 2.05) is 0 Å². The Morgan fingerprint density at radius 1 is 1.24 bits per heavy atom. The third kappa shape index (κ3) is 3.27. The highest BCUT2D eigenvalue weighted by molar-refractivity contribution is 8.13. The summed E-state index contributed by atoms with van der Waals surface area (Å²) in [6.45, 7) is 0. The Labute approximate surface area is 110 Å². The standard InChI is InChI=1S/C11H12Cl2O3S/c12-10-7-9(17(13,14)15)5-6-11(10)16-8-3-1-2-4-8/h5-8H,1-4H2. The van der Waals surface area contributed by atoms with Crippen molar-refractivity contribution in [3.05, 3.63) is 23.2 Å². The van der Waals surface area contributed by atoms with Crippen molar-refractivity contribution in [3.63, 3.8) is 0 Å². The summed E-state index contributed by atoms with van der Waals surface area (Å²) >= 11 is 5.97. The fourth-order valence-electron chi connectivity index (χ4n) is 1.91. The van der Waals surface area contributed by atoms with E-state index in [-0.39, 0.29) is 16.0 Å². The molecule has 0 heterocycles. The van der Waals surface area contributed by atoms with Crippen molar-refractivity contribution in [1.29, 1.82) is 0 Å². The number of ether oxygens (including phenoxy) is 1. The first-order chi connectivity index (χ1) is 7.97. The highest BCUT2D eigenvalue weighted by atomic mass is 35.7. The maximum Gasteiger partial charge on any atom is 0.261 e. The first-order valence-electron chi connectivity index (χ1n) is 5.38. The monoisotopic (exact) mass is 294 g/mol. The van der Waals surface area contributed by atoms with Crippen LogP contribution in [0.5, 0.6) is 5.75 Å². The van der Waals surface area contributed by atoms with Crippen LogP contribution in [-0.4, -0.2) is 14.5 Å². The molecule has 0 radical (unpaired) electrons. The van der Waals surface area contributed by atoms with Crippen LogP contribution in [0.15, 0.2) is 23.1 Å². The van der Waals surface area contributed by atoms with Crippen LogP contribution >= 0.6 is 22.3 Å². The number of halogens is 2. The van der Waals surface area contributed by atoms with Gasteiger partial charge in [0.25, 0.3) is 9.05 Å². The molecule has 94 valence electrons. The molecule has 1 saturated carbocycles. The lowest BCUT2D eigenvalue weighted by atomic mass is 10.3.